The molecule has 8 nitrogen and oxygen atoms in total. The number of anilines is 2. The Kier molecular flexibility index (Phi) is 5.20. The number of benzene rings is 2. The van der Waals surface area contributed by atoms with Gasteiger partial charge in [-0.2, -0.15) is 4.98 Å². The molecule has 4 heterocycles. The SMILES string of the molecule is O=C(Nc1cccc(-c2nc3c(N4CC5CCN(Cc6ccccc6)C5C4)ncnc3o2)c1)C1CC1. The molecule has 2 unspecified atom stereocenters. The fraction of sp³-hybridized carbons (Fsp3) is 0.357. The average molecular weight is 481 g/mol. The summed E-state index contributed by atoms with van der Waals surface area (Å²) in [5, 5.41) is 3.00. The van der Waals surface area contributed by atoms with Crippen LogP contribution >= 0.6 is 0 Å². The lowest BCUT2D eigenvalue weighted by Gasteiger charge is -2.25. The maximum atomic E-state index is 12.2. The standard InChI is InChI=1S/C28H28N6O2/c35-26(19-9-10-19)31-22-8-4-7-20(13-22)27-32-24-25(29-17-30-28(24)36-27)34-15-21-11-12-33(23(21)16-34)14-18-5-2-1-3-6-18/h1-8,13,17,19,21,23H,9-12,14-16H2,(H,31,35). The van der Waals surface area contributed by atoms with E-state index in [0.717, 1.165) is 56.1 Å². The van der Waals surface area contributed by atoms with Gasteiger partial charge in [0.25, 0.3) is 5.71 Å². The van der Waals surface area contributed by atoms with Crippen molar-refractivity contribution < 1.29 is 9.21 Å². The minimum atomic E-state index is 0.0822. The van der Waals surface area contributed by atoms with Crippen molar-refractivity contribution in [3.8, 4) is 11.5 Å². The molecule has 1 aliphatic carbocycles. The van der Waals surface area contributed by atoms with E-state index in [4.69, 9.17) is 9.40 Å². The summed E-state index contributed by atoms with van der Waals surface area (Å²) >= 11 is 0. The van der Waals surface area contributed by atoms with Gasteiger partial charge < -0.3 is 14.6 Å². The summed E-state index contributed by atoms with van der Waals surface area (Å²) in [5.74, 6) is 2.18. The van der Waals surface area contributed by atoms with Gasteiger partial charge in [-0.1, -0.05) is 36.4 Å². The molecule has 8 heteroatoms. The van der Waals surface area contributed by atoms with Gasteiger partial charge in [0.15, 0.2) is 11.3 Å². The van der Waals surface area contributed by atoms with Gasteiger partial charge in [0.1, 0.15) is 6.33 Å². The Hall–Kier alpha value is -3.78. The third-order valence-electron chi connectivity index (χ3n) is 7.69. The quantitative estimate of drug-likeness (QED) is 0.439. The Labute approximate surface area is 209 Å². The van der Waals surface area contributed by atoms with Gasteiger partial charge in [-0.15, -0.1) is 0 Å². The first-order valence-corrected chi connectivity index (χ1v) is 12.8. The zero-order valence-electron chi connectivity index (χ0n) is 20.0. The van der Waals surface area contributed by atoms with Crippen LogP contribution in [0.25, 0.3) is 22.7 Å². The number of carbonyl (C=O) groups is 1. The van der Waals surface area contributed by atoms with Crippen molar-refractivity contribution in [2.24, 2.45) is 11.8 Å². The van der Waals surface area contributed by atoms with E-state index in [-0.39, 0.29) is 11.8 Å². The fourth-order valence-corrected chi connectivity index (χ4v) is 5.65. The lowest BCUT2D eigenvalue weighted by Crippen LogP contribution is -2.35. The van der Waals surface area contributed by atoms with Gasteiger partial charge in [0, 0.05) is 42.8 Å². The van der Waals surface area contributed by atoms with E-state index in [1.54, 1.807) is 6.33 Å². The summed E-state index contributed by atoms with van der Waals surface area (Å²) in [5.41, 5.74) is 4.09. The molecule has 3 aliphatic rings. The van der Waals surface area contributed by atoms with Crippen LogP contribution in [0.3, 0.4) is 0 Å². The number of oxazole rings is 1. The van der Waals surface area contributed by atoms with E-state index in [0.29, 0.717) is 29.1 Å². The van der Waals surface area contributed by atoms with E-state index in [2.05, 4.69) is 55.4 Å². The third kappa shape index (κ3) is 4.01. The molecule has 2 saturated heterocycles. The second kappa shape index (κ2) is 8.71. The zero-order chi connectivity index (χ0) is 24.1. The minimum absolute atomic E-state index is 0.0822. The largest absolute Gasteiger partial charge is 0.417 e. The van der Waals surface area contributed by atoms with Crippen LogP contribution in [0.2, 0.25) is 0 Å². The Balaban J connectivity index is 1.13. The highest BCUT2D eigenvalue weighted by Crippen LogP contribution is 2.37. The topological polar surface area (TPSA) is 87.4 Å². The van der Waals surface area contributed by atoms with Crippen LogP contribution in [-0.2, 0) is 11.3 Å². The maximum Gasteiger partial charge on any atom is 0.252 e. The molecule has 0 radical (unpaired) electrons. The monoisotopic (exact) mass is 480 g/mol. The summed E-state index contributed by atoms with van der Waals surface area (Å²) in [6, 6.07) is 18.8. The normalized spacial score (nSPS) is 21.7. The van der Waals surface area contributed by atoms with Crippen molar-refractivity contribution >= 4 is 28.6 Å². The molecule has 2 atom stereocenters. The second-order valence-corrected chi connectivity index (χ2v) is 10.2. The Morgan fingerprint density at radius 2 is 1.92 bits per heavy atom. The predicted molar refractivity (Wildman–Crippen MR) is 137 cm³/mol. The van der Waals surface area contributed by atoms with Crippen LogP contribution in [0, 0.1) is 11.8 Å². The number of amides is 1. The Bertz CT molecular complexity index is 1420. The molecule has 3 fully saturated rings. The van der Waals surface area contributed by atoms with Crippen molar-refractivity contribution in [1.82, 2.24) is 19.9 Å². The maximum absolute atomic E-state index is 12.2. The summed E-state index contributed by atoms with van der Waals surface area (Å²) < 4.78 is 6.06. The van der Waals surface area contributed by atoms with Crippen LogP contribution < -0.4 is 10.2 Å². The lowest BCUT2D eigenvalue weighted by molar-refractivity contribution is -0.117. The van der Waals surface area contributed by atoms with Gasteiger partial charge in [0.2, 0.25) is 11.8 Å². The van der Waals surface area contributed by atoms with Crippen LogP contribution in [-0.4, -0.2) is 51.4 Å². The summed E-state index contributed by atoms with van der Waals surface area (Å²) in [4.78, 5) is 30.9. The van der Waals surface area contributed by atoms with E-state index in [1.807, 2.05) is 24.3 Å². The molecular weight excluding hydrogens is 452 g/mol. The van der Waals surface area contributed by atoms with Crippen LogP contribution in [0.15, 0.2) is 65.3 Å². The lowest BCUT2D eigenvalue weighted by atomic mass is 10.0. The first kappa shape index (κ1) is 21.5. The van der Waals surface area contributed by atoms with Crippen LogP contribution in [0.4, 0.5) is 11.5 Å². The smallest absolute Gasteiger partial charge is 0.252 e. The summed E-state index contributed by atoms with van der Waals surface area (Å²) in [6.45, 7) is 4.01. The molecule has 36 heavy (non-hydrogen) atoms. The first-order chi connectivity index (χ1) is 17.7. The van der Waals surface area contributed by atoms with Crippen molar-refractivity contribution in [3.63, 3.8) is 0 Å². The van der Waals surface area contributed by atoms with Gasteiger partial charge in [-0.05, 0) is 55.5 Å². The van der Waals surface area contributed by atoms with E-state index in [9.17, 15) is 4.79 Å². The number of fused-ring (bicyclic) bond motifs is 2. The molecule has 182 valence electrons. The molecule has 1 amide bonds. The minimum Gasteiger partial charge on any atom is -0.417 e. The molecule has 2 aromatic carbocycles. The van der Waals surface area contributed by atoms with Crippen molar-refractivity contribution in [2.45, 2.75) is 31.8 Å². The van der Waals surface area contributed by atoms with Gasteiger partial charge in [0.05, 0.1) is 0 Å². The number of likely N-dealkylation sites (tertiary alicyclic amines) is 1. The van der Waals surface area contributed by atoms with Crippen LogP contribution in [0.5, 0.6) is 0 Å². The molecule has 2 aromatic heterocycles. The highest BCUT2D eigenvalue weighted by Gasteiger charge is 2.42. The van der Waals surface area contributed by atoms with Crippen LogP contribution in [0.1, 0.15) is 24.8 Å². The molecular formula is C28H28N6O2. The average Bonchev–Trinajstić information content (AvgIpc) is 3.36. The highest BCUT2D eigenvalue weighted by atomic mass is 16.4. The molecule has 1 N–H and O–H groups in total. The third-order valence-corrected chi connectivity index (χ3v) is 7.69. The van der Waals surface area contributed by atoms with Crippen molar-refractivity contribution in [2.75, 3.05) is 29.9 Å². The Morgan fingerprint density at radius 1 is 1.03 bits per heavy atom. The number of rotatable bonds is 6. The number of nitrogens with one attached hydrogen (secondary N) is 1. The Morgan fingerprint density at radius 3 is 2.78 bits per heavy atom. The van der Waals surface area contributed by atoms with Gasteiger partial charge in [-0.25, -0.2) is 9.97 Å². The number of hydrogen-bond donors (Lipinski definition) is 1. The first-order valence-electron chi connectivity index (χ1n) is 12.8. The van der Waals surface area contributed by atoms with E-state index in [1.165, 1.54) is 12.0 Å². The molecule has 7 rings (SSSR count). The number of nitrogens with zero attached hydrogens (tertiary/aromatic N) is 5. The summed E-state index contributed by atoms with van der Waals surface area (Å²) in [6.07, 6.45) is 4.71. The molecule has 4 aromatic rings. The van der Waals surface area contributed by atoms with E-state index < -0.39 is 0 Å². The predicted octanol–water partition coefficient (Wildman–Crippen LogP) is 4.34. The fourth-order valence-electron chi connectivity index (χ4n) is 5.65. The van der Waals surface area contributed by atoms with Gasteiger partial charge in [-0.3, -0.25) is 9.69 Å². The molecule has 1 saturated carbocycles. The number of carbonyl (C=O) groups excluding carboxylic acids is 1. The highest BCUT2D eigenvalue weighted by molar-refractivity contribution is 5.94. The van der Waals surface area contributed by atoms with Crippen molar-refractivity contribution in [1.29, 1.82) is 0 Å². The van der Waals surface area contributed by atoms with Crippen molar-refractivity contribution in [3.05, 3.63) is 66.5 Å². The second-order valence-electron chi connectivity index (χ2n) is 10.2. The molecule has 0 bridgehead atoms. The summed E-state index contributed by atoms with van der Waals surface area (Å²) in [7, 11) is 0. The molecule has 2 aliphatic heterocycles. The van der Waals surface area contributed by atoms with E-state index >= 15 is 0 Å². The van der Waals surface area contributed by atoms with Gasteiger partial charge >= 0.3 is 0 Å². The molecule has 0 spiro atoms. The number of hydrogen-bond acceptors (Lipinski definition) is 7. The zero-order valence-corrected chi connectivity index (χ0v) is 20.0. The number of aromatic nitrogens is 3.